The molecule has 1 aromatic heterocycles. The van der Waals surface area contributed by atoms with Gasteiger partial charge in [0.05, 0.1) is 23.9 Å². The molecular formula is C18H22N4O4S2. The summed E-state index contributed by atoms with van der Waals surface area (Å²) in [4.78, 5) is 11.5. The maximum absolute atomic E-state index is 12.9. The molecule has 1 fully saturated rings. The van der Waals surface area contributed by atoms with E-state index in [1.165, 1.54) is 23.0 Å². The first-order valence-electron chi connectivity index (χ1n) is 8.78. The van der Waals surface area contributed by atoms with Gasteiger partial charge in [0, 0.05) is 25.2 Å². The lowest BCUT2D eigenvalue weighted by Gasteiger charge is -2.26. The Morgan fingerprint density at radius 3 is 2.75 bits per heavy atom. The Labute approximate surface area is 168 Å². The predicted molar refractivity (Wildman–Crippen MR) is 107 cm³/mol. The van der Waals surface area contributed by atoms with Crippen LogP contribution in [-0.2, 0) is 26.1 Å². The van der Waals surface area contributed by atoms with Crippen LogP contribution in [0.25, 0.3) is 11.4 Å². The van der Waals surface area contributed by atoms with Gasteiger partial charge in [-0.15, -0.1) is 16.8 Å². The SMILES string of the molecule is C=CCn1c(SCC(C)=O)nnc1-c1cccc(S(=O)(=O)N2CCOCC2)c1. The smallest absolute Gasteiger partial charge is 0.243 e. The molecule has 2 aromatic rings. The first kappa shape index (κ1) is 20.7. The van der Waals surface area contributed by atoms with E-state index >= 15 is 0 Å². The largest absolute Gasteiger partial charge is 0.379 e. The number of benzene rings is 1. The first-order valence-corrected chi connectivity index (χ1v) is 11.2. The van der Waals surface area contributed by atoms with Gasteiger partial charge in [0.25, 0.3) is 0 Å². The summed E-state index contributed by atoms with van der Waals surface area (Å²) in [5.74, 6) is 0.865. The topological polar surface area (TPSA) is 94.4 Å². The number of aromatic nitrogens is 3. The number of thioether (sulfide) groups is 1. The van der Waals surface area contributed by atoms with Gasteiger partial charge < -0.3 is 4.74 Å². The third kappa shape index (κ3) is 4.52. The summed E-state index contributed by atoms with van der Waals surface area (Å²) in [5.41, 5.74) is 0.637. The molecule has 0 amide bonds. The number of sulfonamides is 1. The number of hydrogen-bond acceptors (Lipinski definition) is 7. The third-order valence-electron chi connectivity index (χ3n) is 4.13. The van der Waals surface area contributed by atoms with Crippen molar-refractivity contribution >= 4 is 27.6 Å². The average molecular weight is 423 g/mol. The molecule has 28 heavy (non-hydrogen) atoms. The van der Waals surface area contributed by atoms with E-state index in [-0.39, 0.29) is 10.7 Å². The van der Waals surface area contributed by atoms with Crippen LogP contribution < -0.4 is 0 Å². The second-order valence-corrected chi connectivity index (χ2v) is 9.12. The van der Waals surface area contributed by atoms with E-state index in [0.29, 0.717) is 55.1 Å². The fraction of sp³-hybridized carbons (Fsp3) is 0.389. The van der Waals surface area contributed by atoms with Crippen molar-refractivity contribution in [1.29, 1.82) is 0 Å². The number of allylic oxidation sites excluding steroid dienone is 1. The van der Waals surface area contributed by atoms with Crippen LogP contribution in [0.1, 0.15) is 6.92 Å². The van der Waals surface area contributed by atoms with Crippen LogP contribution in [0.3, 0.4) is 0 Å². The van der Waals surface area contributed by atoms with Gasteiger partial charge in [-0.3, -0.25) is 9.36 Å². The summed E-state index contributed by atoms with van der Waals surface area (Å²) >= 11 is 1.29. The van der Waals surface area contributed by atoms with Crippen molar-refractivity contribution in [2.24, 2.45) is 0 Å². The van der Waals surface area contributed by atoms with Crippen molar-refractivity contribution in [2.75, 3.05) is 32.1 Å². The quantitative estimate of drug-likeness (QED) is 0.473. The summed E-state index contributed by atoms with van der Waals surface area (Å²) in [5, 5.41) is 8.98. The van der Waals surface area contributed by atoms with Crippen LogP contribution >= 0.6 is 11.8 Å². The standard InChI is InChI=1S/C18H22N4O4S2/c1-3-7-22-17(19-20-18(22)27-13-14(2)23)15-5-4-6-16(12-15)28(24,25)21-8-10-26-11-9-21/h3-6,12H,1,7-11,13H2,2H3. The monoisotopic (exact) mass is 422 g/mol. The number of rotatable bonds is 8. The van der Waals surface area contributed by atoms with Crippen LogP contribution in [-0.4, -0.2) is 65.3 Å². The van der Waals surface area contributed by atoms with Crippen LogP contribution in [0.2, 0.25) is 0 Å². The Kier molecular flexibility index (Phi) is 6.65. The molecule has 1 aromatic carbocycles. The highest BCUT2D eigenvalue weighted by Gasteiger charge is 2.27. The highest BCUT2D eigenvalue weighted by Crippen LogP contribution is 2.27. The Morgan fingerprint density at radius 1 is 1.32 bits per heavy atom. The van der Waals surface area contributed by atoms with Crippen molar-refractivity contribution in [2.45, 2.75) is 23.5 Å². The number of ether oxygens (including phenoxy) is 1. The zero-order chi connectivity index (χ0) is 20.1. The van der Waals surface area contributed by atoms with Gasteiger partial charge in [-0.2, -0.15) is 4.31 Å². The fourth-order valence-corrected chi connectivity index (χ4v) is 5.00. The lowest BCUT2D eigenvalue weighted by Crippen LogP contribution is -2.40. The molecule has 10 heteroatoms. The maximum atomic E-state index is 12.9. The molecular weight excluding hydrogens is 400 g/mol. The molecule has 0 aliphatic carbocycles. The normalized spacial score (nSPS) is 15.5. The average Bonchev–Trinajstić information content (AvgIpc) is 3.10. The van der Waals surface area contributed by atoms with Gasteiger partial charge in [-0.25, -0.2) is 8.42 Å². The summed E-state index contributed by atoms with van der Waals surface area (Å²) in [6.45, 7) is 7.18. The first-order chi connectivity index (χ1) is 13.4. The Hall–Kier alpha value is -2.01. The third-order valence-corrected chi connectivity index (χ3v) is 7.14. The zero-order valence-electron chi connectivity index (χ0n) is 15.6. The molecule has 0 atom stereocenters. The fourth-order valence-electron chi connectivity index (χ4n) is 2.80. The van der Waals surface area contributed by atoms with Crippen molar-refractivity contribution in [3.05, 3.63) is 36.9 Å². The highest BCUT2D eigenvalue weighted by atomic mass is 32.2. The minimum Gasteiger partial charge on any atom is -0.379 e. The van der Waals surface area contributed by atoms with Crippen LogP contribution in [0.15, 0.2) is 47.0 Å². The molecule has 3 rings (SSSR count). The van der Waals surface area contributed by atoms with E-state index < -0.39 is 10.0 Å². The molecule has 1 aliphatic rings. The van der Waals surface area contributed by atoms with E-state index in [4.69, 9.17) is 4.74 Å². The van der Waals surface area contributed by atoms with Gasteiger partial charge in [-0.1, -0.05) is 30.0 Å². The second-order valence-electron chi connectivity index (χ2n) is 6.24. The molecule has 2 heterocycles. The van der Waals surface area contributed by atoms with Crippen molar-refractivity contribution in [3.8, 4) is 11.4 Å². The van der Waals surface area contributed by atoms with E-state index in [2.05, 4.69) is 16.8 Å². The van der Waals surface area contributed by atoms with Crippen LogP contribution in [0.4, 0.5) is 0 Å². The van der Waals surface area contributed by atoms with E-state index in [1.807, 2.05) is 4.57 Å². The van der Waals surface area contributed by atoms with Crippen molar-refractivity contribution in [3.63, 3.8) is 0 Å². The molecule has 0 spiro atoms. The molecule has 0 bridgehead atoms. The molecule has 150 valence electrons. The van der Waals surface area contributed by atoms with Crippen molar-refractivity contribution in [1.82, 2.24) is 19.1 Å². The van der Waals surface area contributed by atoms with E-state index in [0.717, 1.165) is 0 Å². The predicted octanol–water partition coefficient (Wildman–Crippen LogP) is 1.83. The minimum atomic E-state index is -3.61. The van der Waals surface area contributed by atoms with Crippen LogP contribution in [0.5, 0.6) is 0 Å². The van der Waals surface area contributed by atoms with Crippen molar-refractivity contribution < 1.29 is 17.9 Å². The van der Waals surface area contributed by atoms with E-state index in [1.54, 1.807) is 30.3 Å². The van der Waals surface area contributed by atoms with Gasteiger partial charge in [0.15, 0.2) is 11.0 Å². The number of carbonyl (C=O) groups is 1. The highest BCUT2D eigenvalue weighted by molar-refractivity contribution is 7.99. The zero-order valence-corrected chi connectivity index (χ0v) is 17.2. The molecule has 0 saturated carbocycles. The Morgan fingerprint density at radius 2 is 2.07 bits per heavy atom. The Balaban J connectivity index is 1.95. The molecule has 1 saturated heterocycles. The number of Topliss-reactive ketones (excluding diaryl/α,β-unsaturated/α-hetero) is 1. The van der Waals surface area contributed by atoms with Gasteiger partial charge in [0.2, 0.25) is 10.0 Å². The molecule has 0 radical (unpaired) electrons. The lowest BCUT2D eigenvalue weighted by molar-refractivity contribution is -0.114. The van der Waals surface area contributed by atoms with E-state index in [9.17, 15) is 13.2 Å². The second kappa shape index (κ2) is 8.99. The summed E-state index contributed by atoms with van der Waals surface area (Å²) in [6.07, 6.45) is 1.71. The number of carbonyl (C=O) groups excluding carboxylic acids is 1. The van der Waals surface area contributed by atoms with Gasteiger partial charge in [0.1, 0.15) is 5.78 Å². The van der Waals surface area contributed by atoms with Gasteiger partial charge in [-0.05, 0) is 19.1 Å². The summed E-state index contributed by atoms with van der Waals surface area (Å²) < 4.78 is 34.4. The Bertz CT molecular complexity index is 966. The molecule has 1 aliphatic heterocycles. The number of ketones is 1. The summed E-state index contributed by atoms with van der Waals surface area (Å²) in [6, 6.07) is 6.67. The summed E-state index contributed by atoms with van der Waals surface area (Å²) in [7, 11) is -3.61. The minimum absolute atomic E-state index is 0.0401. The molecule has 0 unspecified atom stereocenters. The number of morpholine rings is 1. The number of hydrogen-bond donors (Lipinski definition) is 0. The van der Waals surface area contributed by atoms with Crippen LogP contribution in [0, 0.1) is 0 Å². The molecule has 8 nitrogen and oxygen atoms in total. The molecule has 0 N–H and O–H groups in total. The maximum Gasteiger partial charge on any atom is 0.243 e. The van der Waals surface area contributed by atoms with Gasteiger partial charge >= 0.3 is 0 Å². The number of nitrogens with zero attached hydrogens (tertiary/aromatic N) is 4. The lowest BCUT2D eigenvalue weighted by atomic mass is 10.2.